The second kappa shape index (κ2) is 10.6. The Morgan fingerprint density at radius 2 is 1.62 bits per heavy atom. The molecule has 0 bridgehead atoms. The highest BCUT2D eigenvalue weighted by Gasteiger charge is 2.35. The summed E-state index contributed by atoms with van der Waals surface area (Å²) >= 11 is 0. The van der Waals surface area contributed by atoms with Crippen LogP contribution in [0.15, 0.2) is 34.1 Å². The number of nitrogens with one attached hydrogen (secondary N) is 1. The van der Waals surface area contributed by atoms with Gasteiger partial charge in [-0.1, -0.05) is 13.8 Å². The highest BCUT2D eigenvalue weighted by Crippen LogP contribution is 2.26. The minimum Gasteiger partial charge on any atom is -0.465 e. The van der Waals surface area contributed by atoms with E-state index in [9.17, 15) is 26.4 Å². The molecule has 2 amide bonds. The molecule has 0 saturated carbocycles. The first-order valence-electron chi connectivity index (χ1n) is 11.4. The van der Waals surface area contributed by atoms with Crippen molar-refractivity contribution in [3.8, 4) is 0 Å². The van der Waals surface area contributed by atoms with Crippen LogP contribution in [0.2, 0.25) is 0 Å². The molecular weight excluding hydrogens is 484 g/mol. The van der Waals surface area contributed by atoms with Gasteiger partial charge in [-0.15, -0.1) is 0 Å². The average molecular weight is 517 g/mol. The van der Waals surface area contributed by atoms with Crippen molar-refractivity contribution >= 4 is 32.0 Å². The smallest absolute Gasteiger partial charge is 0.407 e. The predicted molar refractivity (Wildman–Crippen MR) is 124 cm³/mol. The summed E-state index contributed by atoms with van der Waals surface area (Å²) in [5, 5.41) is 11.9. The van der Waals surface area contributed by atoms with Crippen molar-refractivity contribution in [1.29, 1.82) is 0 Å². The fourth-order valence-electron chi connectivity index (χ4n) is 4.39. The highest BCUT2D eigenvalue weighted by molar-refractivity contribution is 7.89. The Morgan fingerprint density at radius 1 is 1.00 bits per heavy atom. The van der Waals surface area contributed by atoms with Crippen LogP contribution in [0.5, 0.6) is 0 Å². The zero-order chi connectivity index (χ0) is 25.1. The standard InChI is InChI=1S/C21H32N4O7S2/c1-3-24(4-2)33(29,30)18-7-9-19(10-8-18)34(31,32)25-12-5-6-16(14-25)20(26)22-17-11-13-23(15-17)21(27)28/h7-10,16-17H,3-6,11-15H2,1-2H3,(H,22,26)(H,27,28)/t16-,17-/m1/s1. The molecule has 1 aromatic carbocycles. The van der Waals surface area contributed by atoms with Gasteiger partial charge in [0, 0.05) is 45.3 Å². The van der Waals surface area contributed by atoms with E-state index < -0.39 is 32.1 Å². The number of hydrogen-bond donors (Lipinski definition) is 2. The highest BCUT2D eigenvalue weighted by atomic mass is 32.2. The van der Waals surface area contributed by atoms with Crippen molar-refractivity contribution in [2.24, 2.45) is 5.92 Å². The summed E-state index contributed by atoms with van der Waals surface area (Å²) in [6.45, 7) is 4.95. The molecule has 0 radical (unpaired) electrons. The lowest BCUT2D eigenvalue weighted by Gasteiger charge is -2.32. The van der Waals surface area contributed by atoms with Crippen LogP contribution in [0.25, 0.3) is 0 Å². The molecule has 0 aromatic heterocycles. The van der Waals surface area contributed by atoms with E-state index in [4.69, 9.17) is 5.11 Å². The van der Waals surface area contributed by atoms with Gasteiger partial charge in [-0.3, -0.25) is 4.79 Å². The zero-order valence-electron chi connectivity index (χ0n) is 19.4. The molecule has 11 nitrogen and oxygen atoms in total. The molecule has 190 valence electrons. The third kappa shape index (κ3) is 5.53. The van der Waals surface area contributed by atoms with Gasteiger partial charge in [0.25, 0.3) is 0 Å². The molecule has 2 fully saturated rings. The molecule has 2 heterocycles. The van der Waals surface area contributed by atoms with Crippen LogP contribution in [-0.2, 0) is 24.8 Å². The SMILES string of the molecule is CCN(CC)S(=O)(=O)c1ccc(S(=O)(=O)N2CCC[C@@H](C(=O)N[C@@H]3CCN(C(=O)O)C3)C2)cc1. The third-order valence-electron chi connectivity index (χ3n) is 6.36. The molecule has 0 unspecified atom stereocenters. The van der Waals surface area contributed by atoms with Crippen molar-refractivity contribution in [1.82, 2.24) is 18.8 Å². The van der Waals surface area contributed by atoms with E-state index in [1.807, 2.05) is 0 Å². The molecule has 1 aromatic rings. The number of hydrogen-bond acceptors (Lipinski definition) is 6. The van der Waals surface area contributed by atoms with Crippen LogP contribution in [0.1, 0.15) is 33.1 Å². The Bertz CT molecular complexity index is 1100. The summed E-state index contributed by atoms with van der Waals surface area (Å²) in [7, 11) is -7.61. The molecule has 2 saturated heterocycles. The number of sulfonamides is 2. The van der Waals surface area contributed by atoms with Gasteiger partial charge in [-0.25, -0.2) is 21.6 Å². The Kier molecular flexibility index (Phi) is 8.22. The first kappa shape index (κ1) is 26.4. The number of rotatable bonds is 8. The van der Waals surface area contributed by atoms with Crippen LogP contribution in [-0.4, -0.2) is 92.8 Å². The molecule has 34 heavy (non-hydrogen) atoms. The first-order valence-corrected chi connectivity index (χ1v) is 14.3. The normalized spacial score (nSPS) is 22.1. The summed E-state index contributed by atoms with van der Waals surface area (Å²) in [5.74, 6) is -0.817. The first-order chi connectivity index (χ1) is 16.0. The Labute approximate surface area is 200 Å². The molecule has 2 atom stereocenters. The third-order valence-corrected chi connectivity index (χ3v) is 10.3. The van der Waals surface area contributed by atoms with Gasteiger partial charge in [-0.05, 0) is 43.5 Å². The maximum Gasteiger partial charge on any atom is 0.407 e. The lowest BCUT2D eigenvalue weighted by molar-refractivity contribution is -0.126. The van der Waals surface area contributed by atoms with Crippen LogP contribution < -0.4 is 5.32 Å². The maximum atomic E-state index is 13.2. The number of carbonyl (C=O) groups excluding carboxylic acids is 1. The minimum atomic E-state index is -3.91. The van der Waals surface area contributed by atoms with Crippen LogP contribution in [0, 0.1) is 5.92 Å². The van der Waals surface area contributed by atoms with Gasteiger partial charge in [0.15, 0.2) is 0 Å². The second-order valence-corrected chi connectivity index (χ2v) is 12.4. The summed E-state index contributed by atoms with van der Waals surface area (Å²) in [4.78, 5) is 25.1. The van der Waals surface area contributed by atoms with Crippen LogP contribution in [0.4, 0.5) is 4.79 Å². The lowest BCUT2D eigenvalue weighted by atomic mass is 9.98. The van der Waals surface area contributed by atoms with E-state index in [0.717, 1.165) is 0 Å². The minimum absolute atomic E-state index is 0.0169. The van der Waals surface area contributed by atoms with Gasteiger partial charge in [0.1, 0.15) is 0 Å². The number of nitrogens with zero attached hydrogens (tertiary/aromatic N) is 3. The number of carboxylic acid groups (broad SMARTS) is 1. The largest absolute Gasteiger partial charge is 0.465 e. The summed E-state index contributed by atoms with van der Waals surface area (Å²) in [6.07, 6.45) is 0.546. The van der Waals surface area contributed by atoms with E-state index in [-0.39, 0.29) is 41.4 Å². The van der Waals surface area contributed by atoms with E-state index in [2.05, 4.69) is 5.32 Å². The number of benzene rings is 1. The molecule has 2 aliphatic heterocycles. The van der Waals surface area contributed by atoms with Gasteiger partial charge in [-0.2, -0.15) is 8.61 Å². The second-order valence-electron chi connectivity index (χ2n) is 8.49. The molecule has 2 N–H and O–H groups in total. The average Bonchev–Trinajstić information content (AvgIpc) is 3.29. The van der Waals surface area contributed by atoms with Crippen molar-refractivity contribution in [3.05, 3.63) is 24.3 Å². The van der Waals surface area contributed by atoms with Crippen LogP contribution >= 0.6 is 0 Å². The zero-order valence-corrected chi connectivity index (χ0v) is 21.0. The number of amides is 2. The van der Waals surface area contributed by atoms with E-state index in [1.165, 1.54) is 37.8 Å². The molecule has 0 spiro atoms. The Hall–Kier alpha value is -2.22. The van der Waals surface area contributed by atoms with Crippen molar-refractivity contribution in [2.75, 3.05) is 39.3 Å². The molecule has 0 aliphatic carbocycles. The van der Waals surface area contributed by atoms with Crippen molar-refractivity contribution < 1.29 is 31.5 Å². The van der Waals surface area contributed by atoms with Crippen LogP contribution in [0.3, 0.4) is 0 Å². The van der Waals surface area contributed by atoms with Gasteiger partial charge < -0.3 is 15.3 Å². The number of piperidine rings is 1. The topological polar surface area (TPSA) is 144 Å². The van der Waals surface area contributed by atoms with E-state index >= 15 is 0 Å². The van der Waals surface area contributed by atoms with Gasteiger partial charge in [0.05, 0.1) is 15.7 Å². The van der Waals surface area contributed by atoms with E-state index in [0.29, 0.717) is 38.9 Å². The fraction of sp³-hybridized carbons (Fsp3) is 0.619. The van der Waals surface area contributed by atoms with Gasteiger partial charge in [0.2, 0.25) is 26.0 Å². The van der Waals surface area contributed by atoms with Crippen molar-refractivity contribution in [3.63, 3.8) is 0 Å². The van der Waals surface area contributed by atoms with Gasteiger partial charge >= 0.3 is 6.09 Å². The Balaban J connectivity index is 1.68. The number of likely N-dealkylation sites (tertiary alicyclic amines) is 1. The lowest BCUT2D eigenvalue weighted by Crippen LogP contribution is -2.48. The molecule has 13 heteroatoms. The fourth-order valence-corrected chi connectivity index (χ4v) is 7.37. The Morgan fingerprint density at radius 3 is 2.18 bits per heavy atom. The summed E-state index contributed by atoms with van der Waals surface area (Å²) < 4.78 is 54.2. The maximum absolute atomic E-state index is 13.2. The predicted octanol–water partition coefficient (Wildman–Crippen LogP) is 0.986. The van der Waals surface area contributed by atoms with E-state index in [1.54, 1.807) is 13.8 Å². The molecule has 3 rings (SSSR count). The summed E-state index contributed by atoms with van der Waals surface area (Å²) in [6, 6.07) is 4.88. The molecular formula is C21H32N4O7S2. The quantitative estimate of drug-likeness (QED) is 0.524. The van der Waals surface area contributed by atoms with Crippen molar-refractivity contribution in [2.45, 2.75) is 48.9 Å². The molecule has 2 aliphatic rings. The number of carbonyl (C=O) groups is 2. The monoisotopic (exact) mass is 516 g/mol. The summed E-state index contributed by atoms with van der Waals surface area (Å²) in [5.41, 5.74) is 0.